The molecule has 0 radical (unpaired) electrons. The molecule has 6 nitrogen and oxygen atoms in total. The van der Waals surface area contributed by atoms with Gasteiger partial charge in [-0.05, 0) is 48.6 Å². The third-order valence-corrected chi connectivity index (χ3v) is 4.57. The van der Waals surface area contributed by atoms with E-state index in [2.05, 4.69) is 41.8 Å². The maximum Gasteiger partial charge on any atom is 0.251 e. The third-order valence-electron chi connectivity index (χ3n) is 4.57. The summed E-state index contributed by atoms with van der Waals surface area (Å²) in [5.74, 6) is -1.28. The summed E-state index contributed by atoms with van der Waals surface area (Å²) in [6, 6.07) is 14.3. The van der Waals surface area contributed by atoms with E-state index in [1.54, 1.807) is 12.1 Å². The Labute approximate surface area is 171 Å². The summed E-state index contributed by atoms with van der Waals surface area (Å²) in [7, 11) is 0. The zero-order chi connectivity index (χ0) is 21.2. The van der Waals surface area contributed by atoms with Gasteiger partial charge in [-0.3, -0.25) is 14.4 Å². The molecule has 29 heavy (non-hydrogen) atoms. The van der Waals surface area contributed by atoms with Crippen molar-refractivity contribution in [3.05, 3.63) is 59.7 Å². The molecule has 0 aliphatic carbocycles. The van der Waals surface area contributed by atoms with Gasteiger partial charge in [0.15, 0.2) is 0 Å². The molecule has 2 rings (SSSR count). The van der Waals surface area contributed by atoms with Gasteiger partial charge in [-0.2, -0.15) is 0 Å². The number of hydrogen-bond acceptors (Lipinski definition) is 4. The van der Waals surface area contributed by atoms with Crippen LogP contribution in [0.3, 0.4) is 0 Å². The van der Waals surface area contributed by atoms with Crippen LogP contribution in [0.4, 0.5) is 0 Å². The number of aliphatic hydroxyl groups is 1. The molecule has 6 heteroatoms. The first-order chi connectivity index (χ1) is 13.9. The summed E-state index contributed by atoms with van der Waals surface area (Å²) in [5, 5.41) is 14.2. The smallest absolute Gasteiger partial charge is 0.251 e. The molecule has 0 saturated heterocycles. The van der Waals surface area contributed by atoms with Gasteiger partial charge in [0, 0.05) is 5.56 Å². The van der Waals surface area contributed by atoms with E-state index < -0.39 is 24.5 Å². The summed E-state index contributed by atoms with van der Waals surface area (Å²) in [6.07, 6.45) is 3.41. The molecule has 3 N–H and O–H groups in total. The molecule has 2 aromatic rings. The number of aryl methyl sites for hydroxylation is 1. The largest absolute Gasteiger partial charge is 0.394 e. The lowest BCUT2D eigenvalue weighted by Gasteiger charge is -2.16. The van der Waals surface area contributed by atoms with Crippen LogP contribution in [0, 0.1) is 0 Å². The van der Waals surface area contributed by atoms with Gasteiger partial charge >= 0.3 is 0 Å². The fourth-order valence-corrected chi connectivity index (χ4v) is 2.83. The van der Waals surface area contributed by atoms with E-state index in [0.29, 0.717) is 5.56 Å². The highest BCUT2D eigenvalue weighted by Gasteiger charge is 2.20. The second-order valence-corrected chi connectivity index (χ2v) is 7.01. The number of benzene rings is 2. The summed E-state index contributed by atoms with van der Waals surface area (Å²) in [6.45, 7) is 2.82. The lowest BCUT2D eigenvalue weighted by Crippen LogP contribution is -2.49. The van der Waals surface area contributed by atoms with Crippen LogP contribution < -0.4 is 10.6 Å². The number of nitrogens with one attached hydrogen (secondary N) is 2. The van der Waals surface area contributed by atoms with Crippen LogP contribution in [0.1, 0.15) is 42.6 Å². The standard InChI is InChI=1S/C23H28N2O4/c1-3-4-5-17-6-8-18(9-7-17)19-10-12-20(13-11-19)22(28)25-21(15-26)23(29)24-14-16(2)27/h6-13,21,26H,3-5,14-15H2,1-2H3,(H,24,29)(H,25,28)/t21-/m1/s1. The molecule has 0 aromatic heterocycles. The summed E-state index contributed by atoms with van der Waals surface area (Å²) in [5.41, 5.74) is 3.74. The zero-order valence-corrected chi connectivity index (χ0v) is 16.9. The number of rotatable bonds is 10. The monoisotopic (exact) mass is 396 g/mol. The van der Waals surface area contributed by atoms with Gasteiger partial charge in [-0.1, -0.05) is 49.7 Å². The fourth-order valence-electron chi connectivity index (χ4n) is 2.83. The Morgan fingerprint density at radius 2 is 1.55 bits per heavy atom. The lowest BCUT2D eigenvalue weighted by atomic mass is 10.0. The number of hydrogen-bond donors (Lipinski definition) is 3. The molecule has 0 bridgehead atoms. The predicted octanol–water partition coefficient (Wildman–Crippen LogP) is 2.49. The van der Waals surface area contributed by atoms with Gasteiger partial charge in [0.25, 0.3) is 5.91 Å². The minimum absolute atomic E-state index is 0.142. The summed E-state index contributed by atoms with van der Waals surface area (Å²) < 4.78 is 0. The van der Waals surface area contributed by atoms with Gasteiger partial charge in [-0.15, -0.1) is 0 Å². The SMILES string of the molecule is CCCCc1ccc(-c2ccc(C(=O)N[C@H](CO)C(=O)NCC(C)=O)cc2)cc1. The Hall–Kier alpha value is -2.99. The molecule has 0 aliphatic rings. The first-order valence-electron chi connectivity index (χ1n) is 9.82. The Kier molecular flexibility index (Phi) is 8.55. The Bertz CT molecular complexity index is 829. The minimum atomic E-state index is -1.11. The van der Waals surface area contributed by atoms with E-state index in [9.17, 15) is 19.5 Å². The number of carbonyl (C=O) groups is 3. The second kappa shape index (κ2) is 11.1. The molecule has 2 amide bonds. The van der Waals surface area contributed by atoms with E-state index in [-0.39, 0.29) is 12.3 Å². The number of unbranched alkanes of at least 4 members (excludes halogenated alkanes) is 1. The van der Waals surface area contributed by atoms with Crippen LogP contribution in [0.25, 0.3) is 11.1 Å². The quantitative estimate of drug-likeness (QED) is 0.575. The van der Waals surface area contributed by atoms with Gasteiger partial charge in [0.2, 0.25) is 5.91 Å². The normalized spacial score (nSPS) is 11.6. The van der Waals surface area contributed by atoms with Crippen molar-refractivity contribution >= 4 is 17.6 Å². The molecule has 0 fully saturated rings. The molecule has 0 spiro atoms. The first-order valence-corrected chi connectivity index (χ1v) is 9.82. The highest BCUT2D eigenvalue weighted by molar-refractivity contribution is 5.98. The van der Waals surface area contributed by atoms with Crippen molar-refractivity contribution in [2.24, 2.45) is 0 Å². The van der Waals surface area contributed by atoms with Gasteiger partial charge in [0.1, 0.15) is 11.8 Å². The van der Waals surface area contributed by atoms with E-state index in [4.69, 9.17) is 0 Å². The second-order valence-electron chi connectivity index (χ2n) is 7.01. The number of aliphatic hydroxyl groups excluding tert-OH is 1. The topological polar surface area (TPSA) is 95.5 Å². The minimum Gasteiger partial charge on any atom is -0.394 e. The van der Waals surface area contributed by atoms with Crippen LogP contribution in [-0.2, 0) is 16.0 Å². The molecular formula is C23H28N2O4. The zero-order valence-electron chi connectivity index (χ0n) is 16.9. The fraction of sp³-hybridized carbons (Fsp3) is 0.348. The molecule has 1 atom stereocenters. The third kappa shape index (κ3) is 6.84. The van der Waals surface area contributed by atoms with Crippen molar-refractivity contribution < 1.29 is 19.5 Å². The highest BCUT2D eigenvalue weighted by Crippen LogP contribution is 2.21. The molecular weight excluding hydrogens is 368 g/mol. The average molecular weight is 396 g/mol. The van der Waals surface area contributed by atoms with Crippen LogP contribution in [-0.4, -0.2) is 41.9 Å². The molecule has 0 aliphatic heterocycles. The van der Waals surface area contributed by atoms with E-state index in [1.165, 1.54) is 25.3 Å². The van der Waals surface area contributed by atoms with E-state index in [0.717, 1.165) is 17.5 Å². The number of carbonyl (C=O) groups excluding carboxylic acids is 3. The van der Waals surface area contributed by atoms with Crippen molar-refractivity contribution in [1.29, 1.82) is 0 Å². The molecule has 0 heterocycles. The number of amides is 2. The van der Waals surface area contributed by atoms with Crippen molar-refractivity contribution in [2.75, 3.05) is 13.2 Å². The number of Topliss-reactive ketones (excluding diaryl/α,β-unsaturated/α-hetero) is 1. The van der Waals surface area contributed by atoms with Gasteiger partial charge < -0.3 is 15.7 Å². The molecule has 154 valence electrons. The summed E-state index contributed by atoms with van der Waals surface area (Å²) >= 11 is 0. The van der Waals surface area contributed by atoms with Crippen LogP contribution in [0.15, 0.2) is 48.5 Å². The molecule has 0 unspecified atom stereocenters. The number of ketones is 1. The van der Waals surface area contributed by atoms with Gasteiger partial charge in [-0.25, -0.2) is 0 Å². The first kappa shape index (κ1) is 22.3. The van der Waals surface area contributed by atoms with Crippen LogP contribution in [0.2, 0.25) is 0 Å². The van der Waals surface area contributed by atoms with Crippen molar-refractivity contribution in [3.63, 3.8) is 0 Å². The maximum absolute atomic E-state index is 12.4. The van der Waals surface area contributed by atoms with E-state index in [1.807, 2.05) is 12.1 Å². The van der Waals surface area contributed by atoms with Gasteiger partial charge in [0.05, 0.1) is 13.2 Å². The van der Waals surface area contributed by atoms with Crippen molar-refractivity contribution in [2.45, 2.75) is 39.2 Å². The average Bonchev–Trinajstić information content (AvgIpc) is 2.74. The van der Waals surface area contributed by atoms with Crippen molar-refractivity contribution in [1.82, 2.24) is 10.6 Å². The Morgan fingerprint density at radius 1 is 0.966 bits per heavy atom. The maximum atomic E-state index is 12.4. The van der Waals surface area contributed by atoms with Crippen LogP contribution >= 0.6 is 0 Å². The Morgan fingerprint density at radius 3 is 2.07 bits per heavy atom. The molecule has 0 saturated carbocycles. The van der Waals surface area contributed by atoms with E-state index >= 15 is 0 Å². The highest BCUT2D eigenvalue weighted by atomic mass is 16.3. The van der Waals surface area contributed by atoms with Crippen LogP contribution in [0.5, 0.6) is 0 Å². The molecule has 2 aromatic carbocycles. The van der Waals surface area contributed by atoms with Crippen molar-refractivity contribution in [3.8, 4) is 11.1 Å². The lowest BCUT2D eigenvalue weighted by molar-refractivity contribution is -0.126. The summed E-state index contributed by atoms with van der Waals surface area (Å²) in [4.78, 5) is 35.3. The Balaban J connectivity index is 2.00. The predicted molar refractivity (Wildman–Crippen MR) is 113 cm³/mol.